The number of piperidine rings is 1. The van der Waals surface area contributed by atoms with Crippen molar-refractivity contribution in [3.05, 3.63) is 30.0 Å². The monoisotopic (exact) mass is 715 g/mol. The summed E-state index contributed by atoms with van der Waals surface area (Å²) in [6, 6.07) is 4.53. The van der Waals surface area contributed by atoms with Gasteiger partial charge in [0.2, 0.25) is 5.91 Å². The Kier molecular flexibility index (Phi) is 12.6. The number of amides is 2. The molecule has 9 nitrogen and oxygen atoms in total. The first-order valence-electron chi connectivity index (χ1n) is 17.8. The highest BCUT2D eigenvalue weighted by Crippen LogP contribution is 2.43. The van der Waals surface area contributed by atoms with Crippen LogP contribution in [0.2, 0.25) is 0 Å². The Bertz CT molecular complexity index is 1400. The average Bonchev–Trinajstić information content (AvgIpc) is 3.74. The highest BCUT2D eigenvalue weighted by Gasteiger charge is 2.35. The number of alkyl halides is 6. The minimum atomic E-state index is -4.72. The van der Waals surface area contributed by atoms with Crippen LogP contribution >= 0.6 is 0 Å². The third-order valence-corrected chi connectivity index (χ3v) is 9.81. The van der Waals surface area contributed by atoms with Crippen LogP contribution < -0.4 is 14.8 Å². The van der Waals surface area contributed by atoms with Gasteiger partial charge in [0.15, 0.2) is 18.9 Å². The van der Waals surface area contributed by atoms with Gasteiger partial charge in [-0.25, -0.2) is 0 Å². The lowest BCUT2D eigenvalue weighted by Crippen LogP contribution is -2.47. The van der Waals surface area contributed by atoms with Gasteiger partial charge < -0.3 is 24.6 Å². The molecule has 3 aliphatic rings. The maximum Gasteiger partial charge on any atom is 0.422 e. The number of hydrogen-bond donors (Lipinski definition) is 1. The van der Waals surface area contributed by atoms with Gasteiger partial charge >= 0.3 is 12.4 Å². The molecular weight excluding hydrogens is 668 g/mol. The molecule has 1 aromatic carbocycles. The molecule has 1 aliphatic heterocycles. The molecule has 1 unspecified atom stereocenters. The van der Waals surface area contributed by atoms with E-state index in [0.717, 1.165) is 58.0 Å². The van der Waals surface area contributed by atoms with Gasteiger partial charge in [-0.1, -0.05) is 25.3 Å². The average molecular weight is 716 g/mol. The molecule has 3 fully saturated rings. The number of halogens is 6. The SMILES string of the molecule is CCN(C(=O)c1cc(-c2c(OCC(F)(F)F)cccc2OCC(F)(F)F)n(C2CCCC2)n1)C(CCN1CCCCC1)CC(=O)NC1CCC1. The highest BCUT2D eigenvalue weighted by atomic mass is 19.4. The summed E-state index contributed by atoms with van der Waals surface area (Å²) in [7, 11) is 0. The number of carbonyl (C=O) groups is 2. The van der Waals surface area contributed by atoms with Gasteiger partial charge in [-0.3, -0.25) is 14.3 Å². The lowest BCUT2D eigenvalue weighted by Gasteiger charge is -2.34. The van der Waals surface area contributed by atoms with Gasteiger partial charge in [0, 0.05) is 31.6 Å². The zero-order chi connectivity index (χ0) is 35.9. The molecule has 2 aromatic rings. The van der Waals surface area contributed by atoms with Crippen molar-refractivity contribution in [1.82, 2.24) is 24.9 Å². The van der Waals surface area contributed by atoms with Gasteiger partial charge in [0.05, 0.1) is 17.3 Å². The quantitative estimate of drug-likeness (QED) is 0.195. The zero-order valence-corrected chi connectivity index (χ0v) is 28.5. The molecule has 5 rings (SSSR count). The van der Waals surface area contributed by atoms with E-state index in [9.17, 15) is 35.9 Å². The Balaban J connectivity index is 1.50. The molecule has 1 N–H and O–H groups in total. The highest BCUT2D eigenvalue weighted by molar-refractivity contribution is 5.94. The molecule has 2 aliphatic carbocycles. The van der Waals surface area contributed by atoms with Crippen LogP contribution in [0.4, 0.5) is 26.3 Å². The van der Waals surface area contributed by atoms with E-state index in [1.165, 1.54) is 35.4 Å². The zero-order valence-electron chi connectivity index (χ0n) is 28.5. The summed E-state index contributed by atoms with van der Waals surface area (Å²) in [5.74, 6) is -1.31. The minimum Gasteiger partial charge on any atom is -0.483 e. The lowest BCUT2D eigenvalue weighted by atomic mass is 9.93. The van der Waals surface area contributed by atoms with Crippen LogP contribution in [0.3, 0.4) is 0 Å². The Morgan fingerprint density at radius 2 is 1.54 bits per heavy atom. The standard InChI is InChI=1S/C35H47F6N5O4/c1-2-45(26(16-19-44-17-6-3-7-18-44)20-31(47)42-24-10-8-11-24)33(48)27-21-28(46(43-27)25-12-4-5-13-25)32-29(49-22-34(36,37)38)14-9-15-30(32)50-23-35(39,40)41/h9,14-15,21,24-26H,2-8,10-13,16-20,22-23H2,1H3,(H,42,47). The Hall–Kier alpha value is -3.49. The fourth-order valence-corrected chi connectivity index (χ4v) is 7.09. The molecule has 15 heteroatoms. The summed E-state index contributed by atoms with van der Waals surface area (Å²) >= 11 is 0. The maximum atomic E-state index is 14.4. The van der Waals surface area contributed by atoms with E-state index < -0.39 is 37.5 Å². The van der Waals surface area contributed by atoms with Gasteiger partial charge in [-0.05, 0) is 89.6 Å². The summed E-state index contributed by atoms with van der Waals surface area (Å²) in [6.45, 7) is 1.31. The number of ether oxygens (including phenoxy) is 2. The maximum absolute atomic E-state index is 14.4. The second kappa shape index (κ2) is 16.7. The van der Waals surface area contributed by atoms with E-state index in [2.05, 4.69) is 15.3 Å². The molecule has 1 saturated heterocycles. The third kappa shape index (κ3) is 10.3. The number of likely N-dealkylation sites (tertiary alicyclic amines) is 1. The van der Waals surface area contributed by atoms with Crippen molar-refractivity contribution in [1.29, 1.82) is 0 Å². The van der Waals surface area contributed by atoms with Gasteiger partial charge in [0.25, 0.3) is 5.91 Å². The summed E-state index contributed by atoms with van der Waals surface area (Å²) in [5, 5.41) is 7.75. The predicted octanol–water partition coefficient (Wildman–Crippen LogP) is 7.31. The van der Waals surface area contributed by atoms with E-state index in [1.807, 2.05) is 6.92 Å². The summed E-state index contributed by atoms with van der Waals surface area (Å²) < 4.78 is 91.5. The first kappa shape index (κ1) is 37.8. The molecule has 0 bridgehead atoms. The molecule has 2 amide bonds. The fourth-order valence-electron chi connectivity index (χ4n) is 7.09. The Morgan fingerprint density at radius 3 is 2.08 bits per heavy atom. The van der Waals surface area contributed by atoms with E-state index in [0.29, 0.717) is 25.8 Å². The van der Waals surface area contributed by atoms with Crippen molar-refractivity contribution in [2.75, 3.05) is 39.4 Å². The van der Waals surface area contributed by atoms with Crippen LogP contribution in [0.1, 0.15) is 101 Å². The first-order chi connectivity index (χ1) is 23.8. The summed E-state index contributed by atoms with van der Waals surface area (Å²) in [6.07, 6.45) is 0.459. The minimum absolute atomic E-state index is 0.0245. The Morgan fingerprint density at radius 1 is 0.920 bits per heavy atom. The molecule has 2 heterocycles. The normalized spacial score (nSPS) is 18.5. The molecule has 0 spiro atoms. The second-order valence-electron chi connectivity index (χ2n) is 13.6. The lowest BCUT2D eigenvalue weighted by molar-refractivity contribution is -0.153. The molecule has 2 saturated carbocycles. The van der Waals surface area contributed by atoms with Crippen LogP contribution in [-0.4, -0.2) is 95.2 Å². The third-order valence-electron chi connectivity index (χ3n) is 9.81. The number of hydrogen-bond acceptors (Lipinski definition) is 6. The van der Waals surface area contributed by atoms with E-state index in [-0.39, 0.29) is 59.4 Å². The smallest absolute Gasteiger partial charge is 0.422 e. The number of rotatable bonds is 15. The Labute approximate surface area is 288 Å². The molecule has 278 valence electrons. The molecule has 50 heavy (non-hydrogen) atoms. The number of aromatic nitrogens is 2. The van der Waals surface area contributed by atoms with Crippen molar-refractivity contribution >= 4 is 11.8 Å². The van der Waals surface area contributed by atoms with Crippen molar-refractivity contribution in [2.45, 2.75) is 114 Å². The summed E-state index contributed by atoms with van der Waals surface area (Å²) in [4.78, 5) is 31.5. The number of benzene rings is 1. The topological polar surface area (TPSA) is 88.9 Å². The van der Waals surface area contributed by atoms with Crippen LogP contribution in [0.15, 0.2) is 24.3 Å². The van der Waals surface area contributed by atoms with Crippen LogP contribution in [0.25, 0.3) is 11.3 Å². The van der Waals surface area contributed by atoms with Crippen molar-refractivity contribution in [2.24, 2.45) is 0 Å². The van der Waals surface area contributed by atoms with Crippen LogP contribution in [0, 0.1) is 0 Å². The van der Waals surface area contributed by atoms with Gasteiger partial charge in [0.1, 0.15) is 11.5 Å². The van der Waals surface area contributed by atoms with Crippen LogP contribution in [0.5, 0.6) is 11.5 Å². The van der Waals surface area contributed by atoms with Gasteiger partial charge in [-0.2, -0.15) is 31.4 Å². The largest absolute Gasteiger partial charge is 0.483 e. The van der Waals surface area contributed by atoms with E-state index in [1.54, 1.807) is 4.90 Å². The molecular formula is C35H47F6N5O4. The van der Waals surface area contributed by atoms with Crippen molar-refractivity contribution in [3.63, 3.8) is 0 Å². The van der Waals surface area contributed by atoms with Crippen molar-refractivity contribution < 1.29 is 45.4 Å². The predicted molar refractivity (Wildman–Crippen MR) is 174 cm³/mol. The second-order valence-corrected chi connectivity index (χ2v) is 13.6. The number of carbonyl (C=O) groups excluding carboxylic acids is 2. The number of nitrogens with zero attached hydrogens (tertiary/aromatic N) is 4. The molecule has 0 radical (unpaired) electrons. The van der Waals surface area contributed by atoms with E-state index in [4.69, 9.17) is 9.47 Å². The fraction of sp³-hybridized carbons (Fsp3) is 0.686. The molecule has 1 atom stereocenters. The first-order valence-corrected chi connectivity index (χ1v) is 17.8. The summed E-state index contributed by atoms with van der Waals surface area (Å²) in [5.41, 5.74) is -0.0496. The number of nitrogens with one attached hydrogen (secondary N) is 1. The van der Waals surface area contributed by atoms with E-state index >= 15 is 0 Å². The van der Waals surface area contributed by atoms with Gasteiger partial charge in [-0.15, -0.1) is 0 Å². The van der Waals surface area contributed by atoms with Crippen LogP contribution in [-0.2, 0) is 4.79 Å². The van der Waals surface area contributed by atoms with Crippen molar-refractivity contribution in [3.8, 4) is 22.8 Å². The molecule has 1 aromatic heterocycles.